The van der Waals surface area contributed by atoms with E-state index in [0.717, 1.165) is 22.5 Å². The number of piperidine rings is 1. The quantitative estimate of drug-likeness (QED) is 0.702. The molecule has 1 N–H and O–H groups in total. The van der Waals surface area contributed by atoms with Crippen LogP contribution in [0.2, 0.25) is 5.02 Å². The molecule has 1 unspecified atom stereocenters. The number of likely N-dealkylation sites (tertiary alicyclic amines) is 1. The molecule has 2 aliphatic rings. The topological polar surface area (TPSA) is 73.0 Å². The second-order valence-electron chi connectivity index (χ2n) is 8.11. The molecule has 2 aromatic carbocycles. The first-order valence-electron chi connectivity index (χ1n) is 10.8. The third kappa shape index (κ3) is 5.07. The molecule has 0 spiro atoms. The van der Waals surface area contributed by atoms with Crippen LogP contribution in [0.4, 0.5) is 19.3 Å². The lowest BCUT2D eigenvalue weighted by molar-refractivity contribution is 0.134. The molecule has 11 heteroatoms. The Balaban J connectivity index is 1.70. The van der Waals surface area contributed by atoms with E-state index in [-0.39, 0.29) is 23.2 Å². The number of nitrogens with one attached hydrogen (secondary N) is 1. The van der Waals surface area contributed by atoms with E-state index in [1.807, 2.05) is 0 Å². The van der Waals surface area contributed by atoms with Crippen molar-refractivity contribution in [3.63, 3.8) is 0 Å². The van der Waals surface area contributed by atoms with Crippen molar-refractivity contribution in [1.82, 2.24) is 15.1 Å². The summed E-state index contributed by atoms with van der Waals surface area (Å²) in [5.74, 6) is -1.62. The molecule has 0 radical (unpaired) electrons. The predicted molar refractivity (Wildman–Crippen MR) is 122 cm³/mol. The number of hydrogen-bond acceptors (Lipinski definition) is 4. The van der Waals surface area contributed by atoms with E-state index in [2.05, 4.69) is 5.32 Å². The van der Waals surface area contributed by atoms with Crippen LogP contribution in [0.25, 0.3) is 0 Å². The molecule has 0 saturated carbocycles. The summed E-state index contributed by atoms with van der Waals surface area (Å²) >= 11 is 5.91. The number of nitrogens with zero attached hydrogens (tertiary/aromatic N) is 3. The molecule has 7 nitrogen and oxygen atoms in total. The maximum absolute atomic E-state index is 14.8. The van der Waals surface area contributed by atoms with Crippen molar-refractivity contribution in [2.45, 2.75) is 23.8 Å². The number of carbonyl (C=O) groups excluding carboxylic acids is 1. The fraction of sp³-hybridized carbons (Fsp3) is 0.409. The van der Waals surface area contributed by atoms with Crippen LogP contribution in [-0.2, 0) is 10.0 Å². The van der Waals surface area contributed by atoms with Crippen molar-refractivity contribution in [1.29, 1.82) is 0 Å². The van der Waals surface area contributed by atoms with Crippen LogP contribution < -0.4 is 9.62 Å². The fourth-order valence-electron chi connectivity index (χ4n) is 4.27. The van der Waals surface area contributed by atoms with E-state index in [1.165, 1.54) is 24.3 Å². The van der Waals surface area contributed by atoms with Gasteiger partial charge < -0.3 is 15.1 Å². The zero-order valence-corrected chi connectivity index (χ0v) is 19.5. The van der Waals surface area contributed by atoms with Crippen molar-refractivity contribution in [3.8, 4) is 0 Å². The third-order valence-corrected chi connectivity index (χ3v) is 8.03. The van der Waals surface area contributed by atoms with Gasteiger partial charge in [-0.3, -0.25) is 4.31 Å². The molecule has 2 aliphatic heterocycles. The van der Waals surface area contributed by atoms with Crippen LogP contribution in [0.15, 0.2) is 47.4 Å². The van der Waals surface area contributed by atoms with Crippen molar-refractivity contribution in [3.05, 3.63) is 59.1 Å². The SMILES string of the molecule is O=C(N1CCNCC1)N1CCCC(N(c2cc(F)ccc2F)S(=O)(=O)c2ccc(Cl)cc2)C1. The van der Waals surface area contributed by atoms with Gasteiger partial charge in [0.05, 0.1) is 16.6 Å². The average Bonchev–Trinajstić information content (AvgIpc) is 2.82. The molecule has 2 aromatic rings. The number of hydrogen-bond donors (Lipinski definition) is 1. The van der Waals surface area contributed by atoms with Gasteiger partial charge in [-0.15, -0.1) is 0 Å². The highest BCUT2D eigenvalue weighted by atomic mass is 35.5. The number of halogens is 3. The lowest BCUT2D eigenvalue weighted by Crippen LogP contribution is -2.57. The van der Waals surface area contributed by atoms with E-state index in [1.54, 1.807) is 9.80 Å². The number of piperazine rings is 1. The van der Waals surface area contributed by atoms with Crippen molar-refractivity contribution >= 4 is 33.3 Å². The summed E-state index contributed by atoms with van der Waals surface area (Å²) in [4.78, 5) is 16.3. The highest BCUT2D eigenvalue weighted by molar-refractivity contribution is 7.92. The van der Waals surface area contributed by atoms with Crippen LogP contribution in [0.5, 0.6) is 0 Å². The summed E-state index contributed by atoms with van der Waals surface area (Å²) < 4.78 is 57.2. The average molecular weight is 499 g/mol. The molecule has 0 aromatic heterocycles. The molecule has 0 bridgehead atoms. The maximum Gasteiger partial charge on any atom is 0.320 e. The third-order valence-electron chi connectivity index (χ3n) is 5.90. The van der Waals surface area contributed by atoms with Gasteiger partial charge in [-0.1, -0.05) is 11.6 Å². The minimum atomic E-state index is -4.28. The van der Waals surface area contributed by atoms with Gasteiger partial charge in [0.25, 0.3) is 10.0 Å². The van der Waals surface area contributed by atoms with Gasteiger partial charge in [0.15, 0.2) is 0 Å². The molecule has 0 aliphatic carbocycles. The van der Waals surface area contributed by atoms with Crippen molar-refractivity contribution in [2.24, 2.45) is 0 Å². The Labute approximate surface area is 197 Å². The summed E-state index contributed by atoms with van der Waals surface area (Å²) in [6.07, 6.45) is 0.931. The smallest absolute Gasteiger partial charge is 0.320 e. The highest BCUT2D eigenvalue weighted by Gasteiger charge is 2.38. The van der Waals surface area contributed by atoms with Crippen LogP contribution in [0, 0.1) is 11.6 Å². The van der Waals surface area contributed by atoms with Crippen LogP contribution in [0.3, 0.4) is 0 Å². The number of rotatable bonds is 4. The molecular formula is C22H25ClF2N4O3S. The number of carbonyl (C=O) groups is 1. The normalized spacial score (nSPS) is 19.4. The lowest BCUT2D eigenvalue weighted by Gasteiger charge is -2.41. The largest absolute Gasteiger partial charge is 0.323 e. The standard InChI is InChI=1S/C22H25ClF2N4O3S/c23-16-3-6-19(7-4-16)33(31,32)29(21-14-17(24)5-8-20(21)25)18-2-1-11-28(15-18)22(30)27-12-9-26-10-13-27/h3-8,14,18,26H,1-2,9-13,15H2. The summed E-state index contributed by atoms with van der Waals surface area (Å²) in [7, 11) is -4.28. The molecule has 1 atom stereocenters. The van der Waals surface area contributed by atoms with E-state index >= 15 is 0 Å². The Morgan fingerprint density at radius 3 is 2.42 bits per heavy atom. The summed E-state index contributed by atoms with van der Waals surface area (Å²) in [5.41, 5.74) is -0.383. The summed E-state index contributed by atoms with van der Waals surface area (Å²) in [6, 6.07) is 7.29. The Kier molecular flexibility index (Phi) is 7.06. The van der Waals surface area contributed by atoms with Crippen molar-refractivity contribution in [2.75, 3.05) is 43.6 Å². The molecule has 2 heterocycles. The van der Waals surface area contributed by atoms with E-state index in [4.69, 9.17) is 11.6 Å². The van der Waals surface area contributed by atoms with Gasteiger partial charge in [0, 0.05) is 50.4 Å². The molecule has 4 rings (SSSR count). The van der Waals surface area contributed by atoms with E-state index in [0.29, 0.717) is 50.6 Å². The Bertz CT molecular complexity index is 1110. The van der Waals surface area contributed by atoms with Gasteiger partial charge >= 0.3 is 6.03 Å². The van der Waals surface area contributed by atoms with Crippen LogP contribution >= 0.6 is 11.6 Å². The van der Waals surface area contributed by atoms with E-state index < -0.39 is 27.7 Å². The minimum Gasteiger partial charge on any atom is -0.323 e. The molecule has 178 valence electrons. The molecule has 2 amide bonds. The number of urea groups is 1. The Morgan fingerprint density at radius 1 is 1.03 bits per heavy atom. The highest BCUT2D eigenvalue weighted by Crippen LogP contribution is 2.33. The summed E-state index contributed by atoms with van der Waals surface area (Å²) in [6.45, 7) is 3.05. The van der Waals surface area contributed by atoms with Crippen LogP contribution in [0.1, 0.15) is 12.8 Å². The summed E-state index contributed by atoms with van der Waals surface area (Å²) in [5, 5.41) is 3.54. The van der Waals surface area contributed by atoms with Gasteiger partial charge in [-0.25, -0.2) is 22.0 Å². The zero-order valence-electron chi connectivity index (χ0n) is 17.9. The van der Waals surface area contributed by atoms with Gasteiger partial charge in [-0.2, -0.15) is 0 Å². The maximum atomic E-state index is 14.8. The van der Waals surface area contributed by atoms with Gasteiger partial charge in [0.1, 0.15) is 11.6 Å². The van der Waals surface area contributed by atoms with Gasteiger partial charge in [-0.05, 0) is 49.2 Å². The zero-order chi connectivity index (χ0) is 23.6. The van der Waals surface area contributed by atoms with Crippen molar-refractivity contribution < 1.29 is 22.0 Å². The first-order valence-corrected chi connectivity index (χ1v) is 12.6. The molecule has 33 heavy (non-hydrogen) atoms. The number of amides is 2. The molecule has 2 fully saturated rings. The second-order valence-corrected chi connectivity index (χ2v) is 10.4. The Morgan fingerprint density at radius 2 is 1.73 bits per heavy atom. The van der Waals surface area contributed by atoms with Gasteiger partial charge in [0.2, 0.25) is 0 Å². The Hall–Kier alpha value is -2.43. The lowest BCUT2D eigenvalue weighted by atomic mass is 10.1. The molecular weight excluding hydrogens is 474 g/mol. The first-order chi connectivity index (χ1) is 15.8. The molecule has 2 saturated heterocycles. The second kappa shape index (κ2) is 9.82. The number of sulfonamides is 1. The van der Waals surface area contributed by atoms with E-state index in [9.17, 15) is 22.0 Å². The fourth-order valence-corrected chi connectivity index (χ4v) is 6.07. The number of anilines is 1. The number of benzene rings is 2. The van der Waals surface area contributed by atoms with Crippen LogP contribution in [-0.4, -0.2) is 69.6 Å². The minimum absolute atomic E-state index is 0.0749. The monoisotopic (exact) mass is 498 g/mol. The predicted octanol–water partition coefficient (Wildman–Crippen LogP) is 3.30. The first kappa shape index (κ1) is 23.7.